The molecule has 1 N–H and O–H groups in total. The molecule has 0 aromatic heterocycles. The quantitative estimate of drug-likeness (QED) is 0.643. The molecule has 4 aliphatic rings. The molecule has 2 bridgehead atoms. The summed E-state index contributed by atoms with van der Waals surface area (Å²) in [5, 5.41) is 2.96. The average molecular weight is 470 g/mol. The third kappa shape index (κ3) is 3.81. The average Bonchev–Trinajstić information content (AvgIpc) is 3.49. The first-order chi connectivity index (χ1) is 16.5. The molecule has 4 aliphatic heterocycles. The number of likely N-dealkylation sites (tertiary alicyclic amines) is 2. The van der Waals surface area contributed by atoms with Crippen molar-refractivity contribution in [2.24, 2.45) is 11.8 Å². The van der Waals surface area contributed by atoms with Gasteiger partial charge in [0.15, 0.2) is 0 Å². The minimum absolute atomic E-state index is 0.0176. The molecule has 3 fully saturated rings. The van der Waals surface area contributed by atoms with Crippen LogP contribution in [0, 0.1) is 11.8 Å². The maximum Gasteiger partial charge on any atom is 0.409 e. The fraction of sp³-hybridized carbons (Fsp3) is 0.560. The Kier molecular flexibility index (Phi) is 5.97. The smallest absolute Gasteiger partial charge is 0.409 e. The highest BCUT2D eigenvalue weighted by atomic mass is 16.6. The maximum absolute atomic E-state index is 13.6. The van der Waals surface area contributed by atoms with Gasteiger partial charge in [-0.3, -0.25) is 9.59 Å². The Morgan fingerprint density at radius 2 is 1.88 bits per heavy atom. The van der Waals surface area contributed by atoms with E-state index in [1.807, 2.05) is 36.1 Å². The number of ether oxygens (including phenoxy) is 3. The van der Waals surface area contributed by atoms with Crippen LogP contribution < -0.4 is 10.1 Å². The number of hydrogen-bond acceptors (Lipinski definition) is 6. The number of hydrogen-bond donors (Lipinski definition) is 1. The van der Waals surface area contributed by atoms with E-state index < -0.39 is 23.5 Å². The Morgan fingerprint density at radius 1 is 1.15 bits per heavy atom. The van der Waals surface area contributed by atoms with E-state index in [9.17, 15) is 14.4 Å². The van der Waals surface area contributed by atoms with Gasteiger partial charge in [0.2, 0.25) is 11.8 Å². The number of benzene rings is 1. The van der Waals surface area contributed by atoms with Crippen LogP contribution >= 0.6 is 0 Å². The molecule has 9 nitrogen and oxygen atoms in total. The largest absolute Gasteiger partial charge is 0.494 e. The number of nitrogens with zero attached hydrogens (tertiary/aromatic N) is 2. The van der Waals surface area contributed by atoms with Crippen LogP contribution in [0.3, 0.4) is 0 Å². The molecule has 1 aromatic rings. The summed E-state index contributed by atoms with van der Waals surface area (Å²) in [6, 6.07) is 7.22. The zero-order valence-corrected chi connectivity index (χ0v) is 19.6. The molecular weight excluding hydrogens is 438 g/mol. The zero-order chi connectivity index (χ0) is 23.9. The lowest BCUT2D eigenvalue weighted by atomic mass is 9.76. The Labute approximate surface area is 199 Å². The summed E-state index contributed by atoms with van der Waals surface area (Å²) < 4.78 is 16.8. The predicted molar refractivity (Wildman–Crippen MR) is 123 cm³/mol. The second-order valence-corrected chi connectivity index (χ2v) is 9.23. The van der Waals surface area contributed by atoms with Crippen LogP contribution in [0.5, 0.6) is 5.75 Å². The first-order valence-electron chi connectivity index (χ1n) is 12.1. The topological polar surface area (TPSA) is 97.4 Å². The number of rotatable bonds is 6. The van der Waals surface area contributed by atoms with Gasteiger partial charge in [0, 0.05) is 24.8 Å². The summed E-state index contributed by atoms with van der Waals surface area (Å²) >= 11 is 0. The van der Waals surface area contributed by atoms with Gasteiger partial charge < -0.3 is 29.3 Å². The summed E-state index contributed by atoms with van der Waals surface area (Å²) in [5.74, 6) is -0.616. The summed E-state index contributed by atoms with van der Waals surface area (Å²) in [6.07, 6.45) is 4.55. The van der Waals surface area contributed by atoms with Crippen molar-refractivity contribution in [2.75, 3.05) is 38.2 Å². The molecule has 0 radical (unpaired) electrons. The Hall–Kier alpha value is -3.07. The van der Waals surface area contributed by atoms with Gasteiger partial charge in [-0.1, -0.05) is 12.2 Å². The standard InChI is InChI=1S/C25H31N3O6/c1-3-32-18-7-5-16(6-8-18)26-22(29)20-19-9-12-25(34-19)15-28(23(30)21(20)25)17-10-13-27(14-11-17)24(31)33-4-2/h5-9,12,17,19-21H,3-4,10-11,13-15H2,1-2H3,(H,26,29)/t19-,20?,21-,25?/m0/s1. The number of piperidine rings is 1. The monoisotopic (exact) mass is 469 g/mol. The molecule has 1 spiro atoms. The highest BCUT2D eigenvalue weighted by molar-refractivity contribution is 5.99. The van der Waals surface area contributed by atoms with E-state index in [0.717, 1.165) is 5.75 Å². The third-order valence-electron chi connectivity index (χ3n) is 7.30. The van der Waals surface area contributed by atoms with Gasteiger partial charge in [0.25, 0.3) is 0 Å². The molecule has 3 saturated heterocycles. The minimum Gasteiger partial charge on any atom is -0.494 e. The minimum atomic E-state index is -0.749. The molecule has 3 amide bonds. The molecule has 0 aliphatic carbocycles. The summed E-state index contributed by atoms with van der Waals surface area (Å²) in [6.45, 7) is 6.16. The maximum atomic E-state index is 13.6. The SMILES string of the molecule is CCOC(=O)N1CCC(N2CC34C=C[C@H](O3)C(C(=O)Nc3ccc(OCC)cc3)[C@H]4C2=O)CC1. The number of carbonyl (C=O) groups excluding carboxylic acids is 3. The van der Waals surface area contributed by atoms with Crippen molar-refractivity contribution in [3.63, 3.8) is 0 Å². The zero-order valence-electron chi connectivity index (χ0n) is 19.6. The molecule has 5 rings (SSSR count). The summed E-state index contributed by atoms with van der Waals surface area (Å²) in [5.41, 5.74) is -0.0937. The lowest BCUT2D eigenvalue weighted by molar-refractivity contribution is -0.138. The highest BCUT2D eigenvalue weighted by Gasteiger charge is 2.67. The molecular formula is C25H31N3O6. The number of nitrogens with one attached hydrogen (secondary N) is 1. The van der Waals surface area contributed by atoms with Crippen molar-refractivity contribution in [3.8, 4) is 5.75 Å². The Morgan fingerprint density at radius 3 is 2.56 bits per heavy atom. The van der Waals surface area contributed by atoms with E-state index in [1.165, 1.54) is 0 Å². The lowest BCUT2D eigenvalue weighted by Crippen LogP contribution is -2.49. The van der Waals surface area contributed by atoms with Crippen LogP contribution in [0.1, 0.15) is 26.7 Å². The van der Waals surface area contributed by atoms with Gasteiger partial charge in [-0.25, -0.2) is 4.79 Å². The molecule has 2 unspecified atom stereocenters. The van der Waals surface area contributed by atoms with Crippen LogP contribution in [-0.4, -0.2) is 78.3 Å². The van der Waals surface area contributed by atoms with Crippen LogP contribution in [-0.2, 0) is 19.1 Å². The van der Waals surface area contributed by atoms with Crippen molar-refractivity contribution in [2.45, 2.75) is 44.4 Å². The van der Waals surface area contributed by atoms with E-state index in [2.05, 4.69) is 5.32 Å². The fourth-order valence-corrected chi connectivity index (χ4v) is 5.74. The molecule has 34 heavy (non-hydrogen) atoms. The van der Waals surface area contributed by atoms with Crippen LogP contribution in [0.4, 0.5) is 10.5 Å². The van der Waals surface area contributed by atoms with E-state index >= 15 is 0 Å². The van der Waals surface area contributed by atoms with Gasteiger partial charge in [-0.2, -0.15) is 0 Å². The molecule has 182 valence electrons. The second kappa shape index (κ2) is 8.94. The van der Waals surface area contributed by atoms with Gasteiger partial charge in [-0.05, 0) is 51.0 Å². The summed E-state index contributed by atoms with van der Waals surface area (Å²) in [7, 11) is 0. The second-order valence-electron chi connectivity index (χ2n) is 9.23. The van der Waals surface area contributed by atoms with Crippen LogP contribution in [0.15, 0.2) is 36.4 Å². The van der Waals surface area contributed by atoms with Crippen LogP contribution in [0.2, 0.25) is 0 Å². The van der Waals surface area contributed by atoms with E-state index in [1.54, 1.807) is 24.0 Å². The van der Waals surface area contributed by atoms with E-state index in [-0.39, 0.29) is 23.9 Å². The highest BCUT2D eigenvalue weighted by Crippen LogP contribution is 2.52. The Bertz CT molecular complexity index is 987. The van der Waals surface area contributed by atoms with Gasteiger partial charge in [0.1, 0.15) is 11.4 Å². The fourth-order valence-electron chi connectivity index (χ4n) is 5.74. The van der Waals surface area contributed by atoms with Crippen molar-refractivity contribution in [1.29, 1.82) is 0 Å². The van der Waals surface area contributed by atoms with Gasteiger partial charge in [-0.15, -0.1) is 0 Å². The van der Waals surface area contributed by atoms with Crippen molar-refractivity contribution in [1.82, 2.24) is 9.80 Å². The van der Waals surface area contributed by atoms with Gasteiger partial charge in [0.05, 0.1) is 37.7 Å². The van der Waals surface area contributed by atoms with Crippen molar-refractivity contribution in [3.05, 3.63) is 36.4 Å². The number of anilines is 1. The van der Waals surface area contributed by atoms with E-state index in [4.69, 9.17) is 14.2 Å². The summed E-state index contributed by atoms with van der Waals surface area (Å²) in [4.78, 5) is 42.4. The van der Waals surface area contributed by atoms with Crippen molar-refractivity contribution < 1.29 is 28.6 Å². The molecule has 0 saturated carbocycles. The molecule has 4 heterocycles. The number of amides is 3. The molecule has 1 aromatic carbocycles. The third-order valence-corrected chi connectivity index (χ3v) is 7.30. The predicted octanol–water partition coefficient (Wildman–Crippen LogP) is 2.43. The van der Waals surface area contributed by atoms with Crippen LogP contribution in [0.25, 0.3) is 0 Å². The Balaban J connectivity index is 1.26. The lowest BCUT2D eigenvalue weighted by Gasteiger charge is -2.37. The first-order valence-corrected chi connectivity index (χ1v) is 12.1. The number of fused-ring (bicyclic) bond motifs is 1. The van der Waals surface area contributed by atoms with Crippen molar-refractivity contribution >= 4 is 23.6 Å². The molecule has 4 atom stereocenters. The van der Waals surface area contributed by atoms with Gasteiger partial charge >= 0.3 is 6.09 Å². The normalized spacial score (nSPS) is 29.9. The first kappa shape index (κ1) is 22.7. The van der Waals surface area contributed by atoms with E-state index in [0.29, 0.717) is 51.4 Å². The number of carbonyl (C=O) groups is 3. The molecule has 9 heteroatoms.